The maximum atomic E-state index is 12.8. The van der Waals surface area contributed by atoms with E-state index in [9.17, 15) is 19.5 Å². The fourth-order valence-corrected chi connectivity index (χ4v) is 3.34. The molecular weight excluding hydrogens is 340 g/mol. The molecule has 0 atom stereocenters. The molecule has 132 valence electrons. The molecule has 8 nitrogen and oxygen atoms in total. The number of nitrogens with zero attached hydrogens (tertiary/aromatic N) is 2. The minimum atomic E-state index is -0.741. The first-order valence-corrected chi connectivity index (χ1v) is 7.76. The van der Waals surface area contributed by atoms with E-state index in [4.69, 9.17) is 9.47 Å². The van der Waals surface area contributed by atoms with Crippen LogP contribution in [0.2, 0.25) is 0 Å². The van der Waals surface area contributed by atoms with E-state index in [1.807, 2.05) is 0 Å². The molecule has 2 aromatic rings. The lowest BCUT2D eigenvalue weighted by atomic mass is 10.1. The Morgan fingerprint density at radius 3 is 2.35 bits per heavy atom. The van der Waals surface area contributed by atoms with Crippen molar-refractivity contribution in [3.8, 4) is 17.2 Å². The van der Waals surface area contributed by atoms with Gasteiger partial charge in [0.15, 0.2) is 11.5 Å². The molecular formula is C18H14N2O6. The van der Waals surface area contributed by atoms with E-state index >= 15 is 0 Å². The van der Waals surface area contributed by atoms with Crippen LogP contribution in [0.15, 0.2) is 30.3 Å². The third-order valence-corrected chi connectivity index (χ3v) is 4.53. The SMILES string of the molecule is COc1ccc2c(c1OC)CN(N1C(=O)c3cccc(O)c3C1=O)C2=O. The van der Waals surface area contributed by atoms with Crippen LogP contribution < -0.4 is 9.47 Å². The predicted octanol–water partition coefficient (Wildman–Crippen LogP) is 1.58. The van der Waals surface area contributed by atoms with Crippen LogP contribution in [-0.2, 0) is 6.54 Å². The molecule has 0 spiro atoms. The van der Waals surface area contributed by atoms with Crippen LogP contribution in [-0.4, -0.2) is 47.1 Å². The highest BCUT2D eigenvalue weighted by molar-refractivity contribution is 6.23. The number of carbonyl (C=O) groups is 3. The van der Waals surface area contributed by atoms with Crippen molar-refractivity contribution in [2.24, 2.45) is 0 Å². The summed E-state index contributed by atoms with van der Waals surface area (Å²) >= 11 is 0. The van der Waals surface area contributed by atoms with Gasteiger partial charge in [0.2, 0.25) is 0 Å². The number of benzene rings is 2. The maximum Gasteiger partial charge on any atom is 0.284 e. The third-order valence-electron chi connectivity index (χ3n) is 4.53. The van der Waals surface area contributed by atoms with Gasteiger partial charge in [-0.3, -0.25) is 14.4 Å². The molecule has 2 heterocycles. The molecule has 26 heavy (non-hydrogen) atoms. The molecule has 0 aliphatic carbocycles. The Bertz CT molecular complexity index is 984. The predicted molar refractivity (Wildman–Crippen MR) is 88.0 cm³/mol. The van der Waals surface area contributed by atoms with Gasteiger partial charge in [0, 0.05) is 5.56 Å². The van der Waals surface area contributed by atoms with Crippen LogP contribution in [0.5, 0.6) is 17.2 Å². The number of hydrogen-bond donors (Lipinski definition) is 1. The summed E-state index contributed by atoms with van der Waals surface area (Å²) in [5, 5.41) is 11.7. The number of methoxy groups -OCH3 is 2. The first-order chi connectivity index (χ1) is 12.5. The van der Waals surface area contributed by atoms with Gasteiger partial charge in [-0.2, -0.15) is 5.01 Å². The zero-order valence-electron chi connectivity index (χ0n) is 14.0. The summed E-state index contributed by atoms with van der Waals surface area (Å²) in [6.07, 6.45) is 0. The van der Waals surface area contributed by atoms with Crippen molar-refractivity contribution in [1.82, 2.24) is 10.0 Å². The fourth-order valence-electron chi connectivity index (χ4n) is 3.34. The molecule has 4 rings (SSSR count). The Balaban J connectivity index is 1.77. The second-order valence-electron chi connectivity index (χ2n) is 5.81. The molecule has 1 N–H and O–H groups in total. The molecule has 0 bridgehead atoms. The second kappa shape index (κ2) is 5.48. The molecule has 2 aliphatic heterocycles. The first kappa shape index (κ1) is 15.9. The van der Waals surface area contributed by atoms with Crippen LogP contribution in [0.1, 0.15) is 36.6 Å². The topological polar surface area (TPSA) is 96.4 Å². The van der Waals surface area contributed by atoms with Crippen LogP contribution in [0, 0.1) is 0 Å². The van der Waals surface area contributed by atoms with Gasteiger partial charge < -0.3 is 14.6 Å². The second-order valence-corrected chi connectivity index (χ2v) is 5.81. The number of amides is 3. The molecule has 0 fully saturated rings. The molecule has 0 aromatic heterocycles. The molecule has 8 heteroatoms. The molecule has 0 unspecified atom stereocenters. The van der Waals surface area contributed by atoms with E-state index in [1.165, 1.54) is 32.4 Å². The summed E-state index contributed by atoms with van der Waals surface area (Å²) in [4.78, 5) is 38.1. The van der Waals surface area contributed by atoms with E-state index in [0.717, 1.165) is 10.0 Å². The van der Waals surface area contributed by atoms with E-state index in [-0.39, 0.29) is 23.4 Å². The molecule has 2 aromatic carbocycles. The highest BCUT2D eigenvalue weighted by atomic mass is 16.5. The third kappa shape index (κ3) is 1.92. The van der Waals surface area contributed by atoms with E-state index in [2.05, 4.69) is 0 Å². The molecule has 3 amide bonds. The van der Waals surface area contributed by atoms with Gasteiger partial charge in [0.1, 0.15) is 5.75 Å². The van der Waals surface area contributed by atoms with Gasteiger partial charge >= 0.3 is 0 Å². The van der Waals surface area contributed by atoms with Gasteiger partial charge in [-0.25, -0.2) is 5.01 Å². The van der Waals surface area contributed by atoms with Crippen LogP contribution in [0.25, 0.3) is 0 Å². The van der Waals surface area contributed by atoms with E-state index in [1.54, 1.807) is 12.1 Å². The summed E-state index contributed by atoms with van der Waals surface area (Å²) in [5.74, 6) is -1.38. The van der Waals surface area contributed by atoms with Crippen LogP contribution in [0.4, 0.5) is 0 Å². The fraction of sp³-hybridized carbons (Fsp3) is 0.167. The van der Waals surface area contributed by atoms with Crippen molar-refractivity contribution in [2.75, 3.05) is 14.2 Å². The number of rotatable bonds is 3. The zero-order chi connectivity index (χ0) is 18.6. The number of hydrogen-bond acceptors (Lipinski definition) is 6. The molecule has 0 radical (unpaired) electrons. The molecule has 0 saturated heterocycles. The number of aromatic hydroxyl groups is 1. The number of carbonyl (C=O) groups excluding carboxylic acids is 3. The van der Waals surface area contributed by atoms with Crippen molar-refractivity contribution in [2.45, 2.75) is 6.54 Å². The van der Waals surface area contributed by atoms with Gasteiger partial charge in [-0.15, -0.1) is 0 Å². The Morgan fingerprint density at radius 1 is 0.923 bits per heavy atom. The maximum absolute atomic E-state index is 12.8. The molecule has 0 saturated carbocycles. The summed E-state index contributed by atoms with van der Waals surface area (Å²) in [7, 11) is 2.93. The number of fused-ring (bicyclic) bond motifs is 2. The first-order valence-electron chi connectivity index (χ1n) is 7.76. The van der Waals surface area contributed by atoms with Crippen molar-refractivity contribution < 1.29 is 29.0 Å². The lowest BCUT2D eigenvalue weighted by molar-refractivity contribution is 0.00467. The highest BCUT2D eigenvalue weighted by Crippen LogP contribution is 2.40. The lowest BCUT2D eigenvalue weighted by Gasteiger charge is -2.25. The average molecular weight is 354 g/mol. The summed E-state index contributed by atoms with van der Waals surface area (Å²) in [6.45, 7) is -0.0270. The highest BCUT2D eigenvalue weighted by Gasteiger charge is 2.46. The summed E-state index contributed by atoms with van der Waals surface area (Å²) in [6, 6.07) is 7.38. The normalized spacial score (nSPS) is 15.4. The quantitative estimate of drug-likeness (QED) is 0.841. The number of ether oxygens (including phenoxy) is 2. The summed E-state index contributed by atoms with van der Waals surface area (Å²) < 4.78 is 10.6. The standard InChI is InChI=1S/C18H14N2O6/c1-25-13-7-6-9-11(15(13)26-2)8-19(16(9)22)20-17(23)10-4-3-5-12(21)14(10)18(20)24/h3-7,21H,8H2,1-2H3. The van der Waals surface area contributed by atoms with Gasteiger partial charge in [0.25, 0.3) is 17.7 Å². The van der Waals surface area contributed by atoms with Gasteiger partial charge in [-0.1, -0.05) is 6.07 Å². The average Bonchev–Trinajstić information content (AvgIpc) is 3.09. The van der Waals surface area contributed by atoms with Crippen molar-refractivity contribution in [1.29, 1.82) is 0 Å². The van der Waals surface area contributed by atoms with E-state index < -0.39 is 17.7 Å². The Kier molecular flexibility index (Phi) is 3.36. The Labute approximate surface area is 148 Å². The number of hydrazine groups is 1. The van der Waals surface area contributed by atoms with Crippen molar-refractivity contribution in [3.05, 3.63) is 52.6 Å². The van der Waals surface area contributed by atoms with Crippen molar-refractivity contribution >= 4 is 17.7 Å². The lowest BCUT2D eigenvalue weighted by Crippen LogP contribution is -2.46. The number of phenolic OH excluding ortho intramolecular Hbond substituents is 1. The Hall–Kier alpha value is -3.55. The smallest absolute Gasteiger partial charge is 0.284 e. The van der Waals surface area contributed by atoms with Gasteiger partial charge in [-0.05, 0) is 24.3 Å². The van der Waals surface area contributed by atoms with Crippen LogP contribution in [0.3, 0.4) is 0 Å². The monoisotopic (exact) mass is 354 g/mol. The van der Waals surface area contributed by atoms with E-state index in [0.29, 0.717) is 22.6 Å². The van der Waals surface area contributed by atoms with Crippen molar-refractivity contribution in [3.63, 3.8) is 0 Å². The Morgan fingerprint density at radius 2 is 1.69 bits per heavy atom. The minimum Gasteiger partial charge on any atom is -0.507 e. The van der Waals surface area contributed by atoms with Crippen LogP contribution >= 0.6 is 0 Å². The zero-order valence-corrected chi connectivity index (χ0v) is 14.0. The van der Waals surface area contributed by atoms with Gasteiger partial charge in [0.05, 0.1) is 37.5 Å². The largest absolute Gasteiger partial charge is 0.507 e. The molecule has 2 aliphatic rings. The minimum absolute atomic E-state index is 0.0270. The summed E-state index contributed by atoms with van der Waals surface area (Å²) in [5.41, 5.74) is 0.801. The number of phenols is 1. The number of imide groups is 1.